The number of nitrogens with zero attached hydrogens (tertiary/aromatic N) is 3. The summed E-state index contributed by atoms with van der Waals surface area (Å²) in [6.07, 6.45) is -4.86. The van der Waals surface area contributed by atoms with Crippen molar-refractivity contribution in [3.63, 3.8) is 0 Å². The van der Waals surface area contributed by atoms with E-state index in [4.69, 9.17) is 13.9 Å². The second-order valence-corrected chi connectivity index (χ2v) is 8.10. The molecule has 0 saturated carbocycles. The Morgan fingerprint density at radius 2 is 1.84 bits per heavy atom. The third kappa shape index (κ3) is 4.26. The molecule has 10 nitrogen and oxygen atoms in total. The Balaban J connectivity index is 1.84. The molecule has 2 aromatic carbocycles. The van der Waals surface area contributed by atoms with Crippen molar-refractivity contribution in [1.82, 2.24) is 24.9 Å². The summed E-state index contributed by atoms with van der Waals surface area (Å²) in [7, 11) is 2.85. The number of methoxy groups -OCH3 is 2. The summed E-state index contributed by atoms with van der Waals surface area (Å²) in [4.78, 5) is 35.5. The van der Waals surface area contributed by atoms with E-state index in [0.29, 0.717) is 10.3 Å². The maximum atomic E-state index is 14.1. The molecule has 0 aliphatic rings. The highest BCUT2D eigenvalue weighted by Crippen LogP contribution is 2.38. The van der Waals surface area contributed by atoms with Gasteiger partial charge < -0.3 is 19.2 Å². The number of aromatic amines is 1. The van der Waals surface area contributed by atoms with Gasteiger partial charge in [0.25, 0.3) is 11.5 Å². The van der Waals surface area contributed by atoms with Gasteiger partial charge in [-0.15, -0.1) is 0 Å². The van der Waals surface area contributed by atoms with Gasteiger partial charge in [-0.05, 0) is 17.7 Å². The van der Waals surface area contributed by atoms with Crippen LogP contribution in [0.15, 0.2) is 57.7 Å². The van der Waals surface area contributed by atoms with Gasteiger partial charge in [-0.3, -0.25) is 14.7 Å². The van der Waals surface area contributed by atoms with Crippen LogP contribution < -0.4 is 15.6 Å². The predicted molar refractivity (Wildman–Crippen MR) is 130 cm³/mol. The van der Waals surface area contributed by atoms with E-state index in [9.17, 15) is 22.8 Å². The summed E-state index contributed by atoms with van der Waals surface area (Å²) in [5.41, 5.74) is -3.22. The molecule has 0 spiro atoms. The fourth-order valence-electron chi connectivity index (χ4n) is 4.06. The highest BCUT2D eigenvalue weighted by atomic mass is 19.4. The van der Waals surface area contributed by atoms with Crippen LogP contribution in [0.5, 0.6) is 5.75 Å². The zero-order chi connectivity index (χ0) is 27.0. The molecule has 0 aliphatic carbocycles. The number of aromatic nitrogens is 4. The van der Waals surface area contributed by atoms with Gasteiger partial charge in [-0.25, -0.2) is 9.97 Å². The highest BCUT2D eigenvalue weighted by molar-refractivity contribution is 5.99. The van der Waals surface area contributed by atoms with Crippen molar-refractivity contribution >= 4 is 22.7 Å². The van der Waals surface area contributed by atoms with E-state index in [-0.39, 0.29) is 46.9 Å². The molecule has 3 aromatic heterocycles. The maximum Gasteiger partial charge on any atom is 0.433 e. The van der Waals surface area contributed by atoms with Crippen molar-refractivity contribution in [2.75, 3.05) is 27.4 Å². The standard InChI is InChI=1S/C25H20F3N5O5/c1-36-12-11-29-22(34)19-17(23-31-18-14(37-2)9-6-10-15(18)38-23)24(35)33-21(30-19)16(13-7-4-3-5-8-13)20(32-33)25(26,27)28/h3-10,32H,11-12H2,1-2H3,(H,29,34). The fraction of sp³-hybridized carbons (Fsp3) is 0.200. The first-order chi connectivity index (χ1) is 18.2. The van der Waals surface area contributed by atoms with E-state index in [1.165, 1.54) is 26.4 Å². The quantitative estimate of drug-likeness (QED) is 0.308. The minimum Gasteiger partial charge on any atom is -0.494 e. The van der Waals surface area contributed by atoms with Crippen molar-refractivity contribution in [3.8, 4) is 28.3 Å². The van der Waals surface area contributed by atoms with E-state index in [2.05, 4.69) is 20.4 Å². The molecule has 0 fully saturated rings. The number of oxazole rings is 1. The Labute approximate surface area is 212 Å². The van der Waals surface area contributed by atoms with Crippen LogP contribution in [0.4, 0.5) is 13.2 Å². The molecule has 0 aliphatic heterocycles. The summed E-state index contributed by atoms with van der Waals surface area (Å²) in [5.74, 6) is -0.791. The van der Waals surface area contributed by atoms with E-state index in [0.717, 1.165) is 0 Å². The number of para-hydroxylation sites is 1. The van der Waals surface area contributed by atoms with Gasteiger partial charge in [-0.2, -0.15) is 17.7 Å². The number of rotatable bonds is 7. The first-order valence-corrected chi connectivity index (χ1v) is 11.3. The molecule has 0 unspecified atom stereocenters. The Morgan fingerprint density at radius 3 is 2.53 bits per heavy atom. The third-order valence-electron chi connectivity index (χ3n) is 5.75. The highest BCUT2D eigenvalue weighted by Gasteiger charge is 2.39. The van der Waals surface area contributed by atoms with Crippen LogP contribution in [0.25, 0.3) is 39.3 Å². The minimum absolute atomic E-state index is 0.0592. The molecule has 1 amide bonds. The van der Waals surface area contributed by atoms with Gasteiger partial charge in [0, 0.05) is 13.7 Å². The molecule has 5 rings (SSSR count). The Kier molecular flexibility index (Phi) is 6.36. The Morgan fingerprint density at radius 1 is 1.08 bits per heavy atom. The second kappa shape index (κ2) is 9.67. The minimum atomic E-state index is -4.86. The molecule has 5 aromatic rings. The molecule has 0 radical (unpaired) electrons. The molecule has 13 heteroatoms. The average Bonchev–Trinajstić information content (AvgIpc) is 3.51. The molecule has 0 saturated heterocycles. The first kappa shape index (κ1) is 25.0. The third-order valence-corrected chi connectivity index (χ3v) is 5.75. The number of halogens is 3. The predicted octanol–water partition coefficient (Wildman–Crippen LogP) is 3.90. The number of amides is 1. The summed E-state index contributed by atoms with van der Waals surface area (Å²) < 4.78 is 58.9. The van der Waals surface area contributed by atoms with Crippen molar-refractivity contribution in [2.24, 2.45) is 0 Å². The number of carbonyl (C=O) groups excluding carboxylic acids is 1. The van der Waals surface area contributed by atoms with Gasteiger partial charge in [0.1, 0.15) is 22.7 Å². The lowest BCUT2D eigenvalue weighted by Gasteiger charge is -2.09. The lowest BCUT2D eigenvalue weighted by Crippen LogP contribution is -2.31. The molecule has 3 heterocycles. The zero-order valence-electron chi connectivity index (χ0n) is 20.0. The smallest absolute Gasteiger partial charge is 0.433 e. The fourth-order valence-corrected chi connectivity index (χ4v) is 4.06. The van der Waals surface area contributed by atoms with Crippen molar-refractivity contribution in [3.05, 3.63) is 70.3 Å². The van der Waals surface area contributed by atoms with Gasteiger partial charge in [0.2, 0.25) is 5.89 Å². The van der Waals surface area contributed by atoms with Crippen LogP contribution in [0.2, 0.25) is 0 Å². The number of H-pyrrole nitrogens is 1. The molecule has 0 bridgehead atoms. The van der Waals surface area contributed by atoms with Gasteiger partial charge >= 0.3 is 6.18 Å². The van der Waals surface area contributed by atoms with Crippen molar-refractivity contribution in [2.45, 2.75) is 6.18 Å². The largest absolute Gasteiger partial charge is 0.494 e. The number of ether oxygens (including phenoxy) is 2. The Hall–Kier alpha value is -4.65. The van der Waals surface area contributed by atoms with Crippen LogP contribution >= 0.6 is 0 Å². The van der Waals surface area contributed by atoms with Crippen LogP contribution in [-0.4, -0.2) is 52.9 Å². The van der Waals surface area contributed by atoms with E-state index in [1.807, 2.05) is 0 Å². The number of hydrogen-bond acceptors (Lipinski definition) is 7. The van der Waals surface area contributed by atoms with Crippen LogP contribution in [0.1, 0.15) is 16.2 Å². The molecular formula is C25H20F3N5O5. The Bertz CT molecular complexity index is 1710. The monoisotopic (exact) mass is 527 g/mol. The normalized spacial score (nSPS) is 11.8. The average molecular weight is 527 g/mol. The summed E-state index contributed by atoms with van der Waals surface area (Å²) >= 11 is 0. The summed E-state index contributed by atoms with van der Waals surface area (Å²) in [6, 6.07) is 12.5. The molecule has 38 heavy (non-hydrogen) atoms. The molecular weight excluding hydrogens is 507 g/mol. The van der Waals surface area contributed by atoms with Crippen molar-refractivity contribution in [1.29, 1.82) is 0 Å². The number of hydrogen-bond donors (Lipinski definition) is 2. The topological polar surface area (TPSA) is 124 Å². The lowest BCUT2D eigenvalue weighted by molar-refractivity contribution is -0.140. The summed E-state index contributed by atoms with van der Waals surface area (Å²) in [5, 5.41) is 4.68. The molecule has 196 valence electrons. The van der Waals surface area contributed by atoms with Crippen LogP contribution in [-0.2, 0) is 10.9 Å². The number of alkyl halides is 3. The SMILES string of the molecule is COCCNC(=O)c1nc2c(-c3ccccc3)c(C(F)(F)F)[nH]n2c(=O)c1-c1nc2c(OC)cccc2o1. The number of carbonyl (C=O) groups is 1. The van der Waals surface area contributed by atoms with Gasteiger partial charge in [0.05, 0.1) is 19.3 Å². The van der Waals surface area contributed by atoms with Gasteiger partial charge in [0.15, 0.2) is 16.7 Å². The first-order valence-electron chi connectivity index (χ1n) is 11.3. The molecule has 2 N–H and O–H groups in total. The zero-order valence-corrected chi connectivity index (χ0v) is 20.0. The van der Waals surface area contributed by atoms with Crippen LogP contribution in [0, 0.1) is 0 Å². The number of nitrogens with one attached hydrogen (secondary N) is 2. The second-order valence-electron chi connectivity index (χ2n) is 8.10. The van der Waals surface area contributed by atoms with E-state index < -0.39 is 34.6 Å². The number of benzene rings is 2. The molecule has 0 atom stereocenters. The lowest BCUT2D eigenvalue weighted by atomic mass is 10.1. The van der Waals surface area contributed by atoms with Crippen LogP contribution in [0.3, 0.4) is 0 Å². The number of fused-ring (bicyclic) bond motifs is 2. The van der Waals surface area contributed by atoms with Gasteiger partial charge in [-0.1, -0.05) is 36.4 Å². The van der Waals surface area contributed by atoms with E-state index in [1.54, 1.807) is 36.4 Å². The summed E-state index contributed by atoms with van der Waals surface area (Å²) in [6.45, 7) is 0.212. The maximum absolute atomic E-state index is 14.1. The van der Waals surface area contributed by atoms with E-state index >= 15 is 0 Å². The van der Waals surface area contributed by atoms with Crippen molar-refractivity contribution < 1.29 is 31.9 Å².